The molecule has 2 N–H and O–H groups in total. The Labute approximate surface area is 141 Å². The van der Waals surface area contributed by atoms with Crippen molar-refractivity contribution in [1.82, 2.24) is 0 Å². The minimum atomic E-state index is -0.314. The molecule has 0 heterocycles. The molecule has 0 spiro atoms. The maximum atomic E-state index is 12.4. The number of carbonyl (C=O) groups excluding carboxylic acids is 2. The quantitative estimate of drug-likeness (QED) is 0.650. The molecule has 0 radical (unpaired) electrons. The topological polar surface area (TPSA) is 63.4 Å². The summed E-state index contributed by atoms with van der Waals surface area (Å²) in [5.74, 6) is -0.387. The van der Waals surface area contributed by atoms with Gasteiger partial charge in [-0.15, -0.1) is 11.8 Å². The van der Waals surface area contributed by atoms with Crippen molar-refractivity contribution in [2.75, 3.05) is 16.4 Å². The van der Waals surface area contributed by atoms with Crippen molar-refractivity contribution in [2.24, 2.45) is 0 Å². The summed E-state index contributed by atoms with van der Waals surface area (Å²) in [5, 5.41) is 0. The first kappa shape index (κ1) is 16.6. The van der Waals surface area contributed by atoms with E-state index in [1.165, 1.54) is 23.6 Å². The Hall–Kier alpha value is -1.79. The van der Waals surface area contributed by atoms with Gasteiger partial charge >= 0.3 is 0 Å². The number of benzene rings is 2. The number of hydrogen-bond acceptors (Lipinski definition) is 4. The lowest BCUT2D eigenvalue weighted by atomic mass is 10.2. The van der Waals surface area contributed by atoms with Gasteiger partial charge in [-0.2, -0.15) is 0 Å². The average Bonchev–Trinajstić information content (AvgIpc) is 2.48. The molecule has 0 saturated carbocycles. The van der Waals surface area contributed by atoms with Crippen molar-refractivity contribution in [3.63, 3.8) is 0 Å². The van der Waals surface area contributed by atoms with Crippen LogP contribution in [-0.4, -0.2) is 17.6 Å². The third-order valence-corrected chi connectivity index (χ3v) is 4.42. The third kappa shape index (κ3) is 4.35. The lowest BCUT2D eigenvalue weighted by Crippen LogP contribution is -2.36. The molecule has 0 aliphatic rings. The maximum absolute atomic E-state index is 12.4. The van der Waals surface area contributed by atoms with E-state index in [2.05, 4.69) is 15.9 Å². The second-order valence-corrected chi connectivity index (χ2v) is 6.55. The van der Waals surface area contributed by atoms with Gasteiger partial charge in [0, 0.05) is 22.0 Å². The monoisotopic (exact) mass is 378 g/mol. The van der Waals surface area contributed by atoms with Crippen molar-refractivity contribution in [3.05, 3.63) is 53.0 Å². The molecule has 22 heavy (non-hydrogen) atoms. The predicted octanol–water partition coefficient (Wildman–Crippen LogP) is 3.70. The second-order valence-electron chi connectivity index (χ2n) is 4.58. The number of hydrogen-bond donors (Lipinski definition) is 1. The number of imide groups is 1. The number of nitrogens with two attached hydrogens (primary N) is 1. The molecule has 0 aromatic heterocycles. The Bertz CT molecular complexity index is 672. The van der Waals surface area contributed by atoms with Gasteiger partial charge in [0.05, 0.1) is 11.4 Å². The van der Waals surface area contributed by atoms with Crippen molar-refractivity contribution in [2.45, 2.75) is 11.8 Å². The van der Waals surface area contributed by atoms with Crippen LogP contribution in [0.2, 0.25) is 0 Å². The number of nitrogen functional groups attached to an aromatic ring is 1. The Morgan fingerprint density at radius 2 is 1.68 bits per heavy atom. The smallest absolute Gasteiger partial charge is 0.244 e. The zero-order valence-electron chi connectivity index (χ0n) is 12.0. The van der Waals surface area contributed by atoms with E-state index in [4.69, 9.17) is 5.73 Å². The number of carbonyl (C=O) groups is 2. The SMILES string of the molecule is CC(=O)N(C(=O)CSc1ccc(Br)cc1)c1ccc(N)cc1. The van der Waals surface area contributed by atoms with Crippen LogP contribution in [0.25, 0.3) is 0 Å². The molecule has 114 valence electrons. The van der Waals surface area contributed by atoms with Gasteiger partial charge in [-0.1, -0.05) is 15.9 Å². The molecule has 2 amide bonds. The molecule has 0 saturated heterocycles. The first-order valence-electron chi connectivity index (χ1n) is 6.55. The maximum Gasteiger partial charge on any atom is 0.244 e. The molecular formula is C16H15BrN2O2S. The summed E-state index contributed by atoms with van der Waals surface area (Å²) in [5.41, 5.74) is 6.75. The molecule has 4 nitrogen and oxygen atoms in total. The Kier molecular flexibility index (Phi) is 5.63. The molecule has 0 aliphatic heterocycles. The average molecular weight is 379 g/mol. The Morgan fingerprint density at radius 3 is 2.23 bits per heavy atom. The first-order valence-corrected chi connectivity index (χ1v) is 8.32. The molecule has 0 atom stereocenters. The van der Waals surface area contributed by atoms with Crippen LogP contribution < -0.4 is 10.6 Å². The van der Waals surface area contributed by atoms with E-state index < -0.39 is 0 Å². The van der Waals surface area contributed by atoms with Crippen LogP contribution >= 0.6 is 27.7 Å². The van der Waals surface area contributed by atoms with E-state index >= 15 is 0 Å². The molecule has 2 aromatic carbocycles. The zero-order valence-corrected chi connectivity index (χ0v) is 14.4. The summed E-state index contributed by atoms with van der Waals surface area (Å²) >= 11 is 4.76. The molecule has 6 heteroatoms. The normalized spacial score (nSPS) is 10.3. The van der Waals surface area contributed by atoms with Crippen LogP contribution in [0.15, 0.2) is 57.9 Å². The summed E-state index contributed by atoms with van der Waals surface area (Å²) in [6, 6.07) is 14.3. The zero-order chi connectivity index (χ0) is 16.1. The minimum absolute atomic E-state index is 0.186. The van der Waals surface area contributed by atoms with Gasteiger partial charge in [0.25, 0.3) is 0 Å². The van der Waals surface area contributed by atoms with Crippen LogP contribution in [0.1, 0.15) is 6.92 Å². The van der Waals surface area contributed by atoms with Gasteiger partial charge in [0.2, 0.25) is 11.8 Å². The van der Waals surface area contributed by atoms with Gasteiger partial charge in [-0.25, -0.2) is 0 Å². The first-order chi connectivity index (χ1) is 10.5. The summed E-state index contributed by atoms with van der Waals surface area (Å²) < 4.78 is 0.982. The van der Waals surface area contributed by atoms with Gasteiger partial charge in [0.15, 0.2) is 0 Å². The van der Waals surface area contributed by atoms with E-state index in [0.717, 1.165) is 9.37 Å². The predicted molar refractivity (Wildman–Crippen MR) is 93.9 cm³/mol. The highest BCUT2D eigenvalue weighted by molar-refractivity contribution is 9.10. The lowest BCUT2D eigenvalue weighted by Gasteiger charge is -2.19. The van der Waals surface area contributed by atoms with Gasteiger partial charge in [-0.3, -0.25) is 14.5 Å². The number of rotatable bonds is 4. The molecular weight excluding hydrogens is 364 g/mol. The van der Waals surface area contributed by atoms with Gasteiger partial charge < -0.3 is 5.73 Å². The number of nitrogens with zero attached hydrogens (tertiary/aromatic N) is 1. The van der Waals surface area contributed by atoms with Crippen molar-refractivity contribution < 1.29 is 9.59 Å². The van der Waals surface area contributed by atoms with Crippen molar-refractivity contribution in [1.29, 1.82) is 0 Å². The van der Waals surface area contributed by atoms with Crippen molar-refractivity contribution >= 4 is 50.9 Å². The van der Waals surface area contributed by atoms with Crippen LogP contribution in [0.3, 0.4) is 0 Å². The summed E-state index contributed by atoms with van der Waals surface area (Å²) in [6.07, 6.45) is 0. The van der Waals surface area contributed by atoms with E-state index in [-0.39, 0.29) is 17.6 Å². The van der Waals surface area contributed by atoms with Crippen molar-refractivity contribution in [3.8, 4) is 0 Å². The minimum Gasteiger partial charge on any atom is -0.399 e. The highest BCUT2D eigenvalue weighted by atomic mass is 79.9. The highest BCUT2D eigenvalue weighted by Gasteiger charge is 2.20. The van der Waals surface area contributed by atoms with E-state index in [9.17, 15) is 9.59 Å². The third-order valence-electron chi connectivity index (χ3n) is 2.89. The molecule has 0 aliphatic carbocycles. The van der Waals surface area contributed by atoms with Gasteiger partial charge in [-0.05, 0) is 48.5 Å². The molecule has 0 unspecified atom stereocenters. The number of amides is 2. The molecule has 2 rings (SSSR count). The number of halogens is 1. The summed E-state index contributed by atoms with van der Waals surface area (Å²) in [6.45, 7) is 1.37. The number of anilines is 2. The van der Waals surface area contributed by atoms with Crippen LogP contribution in [0, 0.1) is 0 Å². The van der Waals surface area contributed by atoms with E-state index in [1.54, 1.807) is 24.3 Å². The lowest BCUT2D eigenvalue weighted by molar-refractivity contribution is -0.124. The number of thioether (sulfide) groups is 1. The fourth-order valence-electron chi connectivity index (χ4n) is 1.87. The standard InChI is InChI=1S/C16H15BrN2O2S/c1-11(20)19(14-6-4-13(18)5-7-14)16(21)10-22-15-8-2-12(17)3-9-15/h2-9H,10,18H2,1H3. The molecule has 0 bridgehead atoms. The van der Waals surface area contributed by atoms with Gasteiger partial charge in [0.1, 0.15) is 0 Å². The Balaban J connectivity index is 2.08. The van der Waals surface area contributed by atoms with Crippen LogP contribution in [0.5, 0.6) is 0 Å². The molecule has 0 fully saturated rings. The molecule has 2 aromatic rings. The Morgan fingerprint density at radius 1 is 1.09 bits per heavy atom. The van der Waals surface area contributed by atoms with E-state index in [0.29, 0.717) is 11.4 Å². The fourth-order valence-corrected chi connectivity index (χ4v) is 2.88. The highest BCUT2D eigenvalue weighted by Crippen LogP contribution is 2.23. The summed E-state index contributed by atoms with van der Waals surface area (Å²) in [7, 11) is 0. The van der Waals surface area contributed by atoms with Crippen LogP contribution in [-0.2, 0) is 9.59 Å². The van der Waals surface area contributed by atoms with Crippen LogP contribution in [0.4, 0.5) is 11.4 Å². The van der Waals surface area contributed by atoms with E-state index in [1.807, 2.05) is 24.3 Å². The second kappa shape index (κ2) is 7.47. The summed E-state index contributed by atoms with van der Waals surface area (Å²) in [4.78, 5) is 26.3. The fraction of sp³-hybridized carbons (Fsp3) is 0.125. The largest absolute Gasteiger partial charge is 0.399 e.